The van der Waals surface area contributed by atoms with E-state index in [4.69, 9.17) is 5.14 Å². The fourth-order valence-electron chi connectivity index (χ4n) is 2.62. The Hall–Kier alpha value is -1.83. The number of rotatable bonds is 5. The number of nitrogens with one attached hydrogen (secondary N) is 1. The van der Waals surface area contributed by atoms with Crippen molar-refractivity contribution in [2.45, 2.75) is 27.9 Å². The van der Waals surface area contributed by atoms with E-state index in [1.807, 2.05) is 18.2 Å². The second-order valence-electron chi connectivity index (χ2n) is 5.65. The minimum atomic E-state index is -3.66. The molecule has 0 aliphatic carbocycles. The molecule has 0 saturated heterocycles. The molecule has 0 fully saturated rings. The lowest BCUT2D eigenvalue weighted by Gasteiger charge is -2.10. The Morgan fingerprint density at radius 2 is 1.88 bits per heavy atom. The third-order valence-electron chi connectivity index (χ3n) is 3.90. The largest absolute Gasteiger partial charge is 0.355 e. The van der Waals surface area contributed by atoms with E-state index in [-0.39, 0.29) is 16.1 Å². The highest BCUT2D eigenvalue weighted by Crippen LogP contribution is 2.36. The van der Waals surface area contributed by atoms with Crippen LogP contribution in [0.25, 0.3) is 0 Å². The molecular weight excluding hydrogens is 344 g/mol. The van der Waals surface area contributed by atoms with E-state index in [1.165, 1.54) is 22.6 Å². The predicted octanol–water partition coefficient (Wildman–Crippen LogP) is 1.71. The summed E-state index contributed by atoms with van der Waals surface area (Å²) in [7, 11) is -3.66. The Kier molecular flexibility index (Phi) is 4.93. The lowest BCUT2D eigenvalue weighted by molar-refractivity contribution is -0.120. The Balaban J connectivity index is 1.49. The van der Waals surface area contributed by atoms with Gasteiger partial charge in [0.25, 0.3) is 0 Å². The minimum Gasteiger partial charge on any atom is -0.355 e. The number of nitrogens with two attached hydrogens (primary N) is 1. The van der Waals surface area contributed by atoms with E-state index in [2.05, 4.69) is 11.4 Å². The van der Waals surface area contributed by atoms with Gasteiger partial charge in [-0.05, 0) is 42.2 Å². The average Bonchev–Trinajstić information content (AvgIpc) is 2.98. The molecule has 0 radical (unpaired) electrons. The molecule has 0 bridgehead atoms. The lowest BCUT2D eigenvalue weighted by Crippen LogP contribution is -2.33. The van der Waals surface area contributed by atoms with Crippen molar-refractivity contribution >= 4 is 27.7 Å². The van der Waals surface area contributed by atoms with Gasteiger partial charge in [-0.25, -0.2) is 13.6 Å². The third kappa shape index (κ3) is 3.98. The number of fused-ring (bicyclic) bond motifs is 1. The molecule has 1 aliphatic heterocycles. The summed E-state index contributed by atoms with van der Waals surface area (Å²) in [6.45, 7) is 0.515. The SMILES string of the molecule is NS(=O)(=O)c1ccc(CCNC(=O)[C@H]2Cc3ccccc3S2)cc1. The fraction of sp³-hybridized carbons (Fsp3) is 0.235. The second-order valence-corrected chi connectivity index (χ2v) is 8.45. The summed E-state index contributed by atoms with van der Waals surface area (Å²) in [6, 6.07) is 14.5. The maximum atomic E-state index is 12.3. The molecule has 1 aliphatic rings. The normalized spacial score (nSPS) is 16.6. The Morgan fingerprint density at radius 1 is 1.17 bits per heavy atom. The summed E-state index contributed by atoms with van der Waals surface area (Å²) in [5.41, 5.74) is 2.17. The topological polar surface area (TPSA) is 89.3 Å². The first-order valence-corrected chi connectivity index (χ1v) is 10.00. The van der Waals surface area contributed by atoms with Crippen LogP contribution in [-0.2, 0) is 27.7 Å². The molecule has 1 heterocycles. The van der Waals surface area contributed by atoms with Crippen LogP contribution in [0.15, 0.2) is 58.3 Å². The number of hydrogen-bond acceptors (Lipinski definition) is 4. The molecule has 1 amide bonds. The standard InChI is InChI=1S/C17H18N2O3S2/c18-24(21,22)14-7-5-12(6-8-14)9-10-19-17(20)16-11-13-3-1-2-4-15(13)23-16/h1-8,16H,9-11H2,(H,19,20)(H2,18,21,22)/t16-/m1/s1. The van der Waals surface area contributed by atoms with Gasteiger partial charge in [-0.15, -0.1) is 11.8 Å². The third-order valence-corrected chi connectivity index (χ3v) is 6.15. The van der Waals surface area contributed by atoms with Gasteiger partial charge in [0.2, 0.25) is 15.9 Å². The van der Waals surface area contributed by atoms with Crippen LogP contribution in [0, 0.1) is 0 Å². The van der Waals surface area contributed by atoms with Crippen molar-refractivity contribution in [2.24, 2.45) is 5.14 Å². The van der Waals surface area contributed by atoms with E-state index >= 15 is 0 Å². The molecule has 0 unspecified atom stereocenters. The molecule has 0 spiro atoms. The minimum absolute atomic E-state index is 0.0392. The van der Waals surface area contributed by atoms with Crippen molar-refractivity contribution in [3.8, 4) is 0 Å². The zero-order valence-electron chi connectivity index (χ0n) is 12.9. The molecule has 3 rings (SSSR count). The monoisotopic (exact) mass is 362 g/mol. The number of carbonyl (C=O) groups is 1. The van der Waals surface area contributed by atoms with Crippen molar-refractivity contribution in [1.82, 2.24) is 5.32 Å². The highest BCUT2D eigenvalue weighted by Gasteiger charge is 2.27. The first-order valence-electron chi connectivity index (χ1n) is 7.57. The Bertz CT molecular complexity index is 823. The van der Waals surface area contributed by atoms with Gasteiger partial charge in [0, 0.05) is 11.4 Å². The van der Waals surface area contributed by atoms with Gasteiger partial charge < -0.3 is 5.32 Å². The van der Waals surface area contributed by atoms with Crippen molar-refractivity contribution in [3.63, 3.8) is 0 Å². The fourth-order valence-corrected chi connectivity index (χ4v) is 4.35. The number of amides is 1. The Morgan fingerprint density at radius 3 is 2.54 bits per heavy atom. The summed E-state index contributed by atoms with van der Waals surface area (Å²) >= 11 is 1.60. The lowest BCUT2D eigenvalue weighted by atomic mass is 10.1. The van der Waals surface area contributed by atoms with Crippen LogP contribution in [0.4, 0.5) is 0 Å². The van der Waals surface area contributed by atoms with Crippen LogP contribution in [0.5, 0.6) is 0 Å². The van der Waals surface area contributed by atoms with Crippen molar-refractivity contribution < 1.29 is 13.2 Å². The maximum Gasteiger partial charge on any atom is 0.238 e. The zero-order valence-corrected chi connectivity index (χ0v) is 14.6. The van der Waals surface area contributed by atoms with Gasteiger partial charge in [0.05, 0.1) is 10.1 Å². The summed E-state index contributed by atoms with van der Waals surface area (Å²) in [6.07, 6.45) is 1.40. The average molecular weight is 362 g/mol. The van der Waals surface area contributed by atoms with E-state index in [0.717, 1.165) is 12.0 Å². The first-order chi connectivity index (χ1) is 11.4. The Labute approximate surface area is 145 Å². The summed E-state index contributed by atoms with van der Waals surface area (Å²) in [5.74, 6) is 0.0392. The molecule has 126 valence electrons. The van der Waals surface area contributed by atoms with Gasteiger partial charge in [-0.3, -0.25) is 4.79 Å². The maximum absolute atomic E-state index is 12.3. The summed E-state index contributed by atoms with van der Waals surface area (Å²) < 4.78 is 22.4. The van der Waals surface area contributed by atoms with Crippen LogP contribution in [0.1, 0.15) is 11.1 Å². The molecule has 24 heavy (non-hydrogen) atoms. The van der Waals surface area contributed by atoms with E-state index in [0.29, 0.717) is 13.0 Å². The number of carbonyl (C=O) groups excluding carboxylic acids is 1. The van der Waals surface area contributed by atoms with E-state index in [9.17, 15) is 13.2 Å². The van der Waals surface area contributed by atoms with E-state index in [1.54, 1.807) is 23.9 Å². The quantitative estimate of drug-likeness (QED) is 0.847. The van der Waals surface area contributed by atoms with Crippen LogP contribution in [0.2, 0.25) is 0 Å². The number of primary sulfonamides is 1. The molecule has 7 heteroatoms. The van der Waals surface area contributed by atoms with Gasteiger partial charge >= 0.3 is 0 Å². The van der Waals surface area contributed by atoms with Gasteiger partial charge in [0.1, 0.15) is 0 Å². The van der Waals surface area contributed by atoms with Crippen molar-refractivity contribution in [2.75, 3.05) is 6.54 Å². The molecule has 2 aromatic rings. The van der Waals surface area contributed by atoms with Gasteiger partial charge in [-0.1, -0.05) is 30.3 Å². The molecule has 0 aromatic heterocycles. The van der Waals surface area contributed by atoms with Crippen LogP contribution in [0.3, 0.4) is 0 Å². The molecule has 0 saturated carbocycles. The summed E-state index contributed by atoms with van der Waals surface area (Å²) in [5, 5.41) is 7.94. The van der Waals surface area contributed by atoms with Crippen molar-refractivity contribution in [1.29, 1.82) is 0 Å². The molecular formula is C17H18N2O3S2. The summed E-state index contributed by atoms with van der Waals surface area (Å²) in [4.78, 5) is 13.5. The van der Waals surface area contributed by atoms with E-state index < -0.39 is 10.0 Å². The van der Waals surface area contributed by atoms with Crippen LogP contribution < -0.4 is 10.5 Å². The number of benzene rings is 2. The molecule has 2 aromatic carbocycles. The van der Waals surface area contributed by atoms with Crippen LogP contribution >= 0.6 is 11.8 Å². The molecule has 3 N–H and O–H groups in total. The molecule has 1 atom stereocenters. The number of sulfonamides is 1. The predicted molar refractivity (Wildman–Crippen MR) is 94.3 cm³/mol. The second kappa shape index (κ2) is 6.96. The van der Waals surface area contributed by atoms with Gasteiger partial charge in [-0.2, -0.15) is 0 Å². The number of hydrogen-bond donors (Lipinski definition) is 2. The highest BCUT2D eigenvalue weighted by molar-refractivity contribution is 8.01. The zero-order chi connectivity index (χ0) is 17.2. The smallest absolute Gasteiger partial charge is 0.238 e. The molecule has 5 nitrogen and oxygen atoms in total. The van der Waals surface area contributed by atoms with Crippen LogP contribution in [-0.4, -0.2) is 26.1 Å². The number of thioether (sulfide) groups is 1. The highest BCUT2D eigenvalue weighted by atomic mass is 32.2. The first kappa shape index (κ1) is 17.0. The van der Waals surface area contributed by atoms with Gasteiger partial charge in [0.15, 0.2) is 0 Å². The van der Waals surface area contributed by atoms with Crippen molar-refractivity contribution in [3.05, 3.63) is 59.7 Å².